The van der Waals surface area contributed by atoms with Crippen molar-refractivity contribution < 1.29 is 9.53 Å². The minimum absolute atomic E-state index is 0.277. The van der Waals surface area contributed by atoms with Crippen molar-refractivity contribution in [2.75, 3.05) is 7.11 Å². The van der Waals surface area contributed by atoms with Crippen LogP contribution in [0.15, 0.2) is 22.8 Å². The van der Waals surface area contributed by atoms with Gasteiger partial charge in [0, 0.05) is 16.7 Å². The lowest BCUT2D eigenvalue weighted by molar-refractivity contribution is -0.143. The highest BCUT2D eigenvalue weighted by Crippen LogP contribution is 2.22. The third-order valence-electron chi connectivity index (χ3n) is 3.49. The molecule has 1 aromatic rings. The Hall–Kier alpha value is -0.940. The number of nitrogens with one attached hydrogen (secondary N) is 1. The lowest BCUT2D eigenvalue weighted by Crippen LogP contribution is -2.39. The summed E-state index contributed by atoms with van der Waals surface area (Å²) in [6.07, 6.45) is 7.66. The number of pyridine rings is 1. The van der Waals surface area contributed by atoms with Gasteiger partial charge in [-0.05, 0) is 40.9 Å². The van der Waals surface area contributed by atoms with Crippen molar-refractivity contribution in [3.05, 3.63) is 28.5 Å². The van der Waals surface area contributed by atoms with Crippen LogP contribution in [0.4, 0.5) is 0 Å². The number of esters is 1. The molecule has 0 aliphatic heterocycles. The van der Waals surface area contributed by atoms with Crippen LogP contribution in [0.25, 0.3) is 0 Å². The number of nitrogens with zero attached hydrogens (tertiary/aromatic N) is 1. The van der Waals surface area contributed by atoms with E-state index in [4.69, 9.17) is 4.74 Å². The Morgan fingerprint density at radius 2 is 2.16 bits per heavy atom. The lowest BCUT2D eigenvalue weighted by atomic mass is 9.94. The highest BCUT2D eigenvalue weighted by molar-refractivity contribution is 9.10. The summed E-state index contributed by atoms with van der Waals surface area (Å²) >= 11 is 3.35. The summed E-state index contributed by atoms with van der Waals surface area (Å²) in [6, 6.07) is 3.65. The molecule has 2 rings (SSSR count). The smallest absolute Gasteiger partial charge is 0.329 e. The highest BCUT2D eigenvalue weighted by Gasteiger charge is 2.26. The van der Waals surface area contributed by atoms with E-state index >= 15 is 0 Å². The van der Waals surface area contributed by atoms with Crippen molar-refractivity contribution in [2.24, 2.45) is 0 Å². The molecule has 0 saturated heterocycles. The number of hydrogen-bond donors (Lipinski definition) is 1. The fourth-order valence-electron chi connectivity index (χ4n) is 2.45. The first-order chi connectivity index (χ1) is 9.20. The Morgan fingerprint density at radius 3 is 2.74 bits per heavy atom. The van der Waals surface area contributed by atoms with Gasteiger partial charge in [0.1, 0.15) is 6.04 Å². The van der Waals surface area contributed by atoms with Crippen LogP contribution in [0.3, 0.4) is 0 Å². The summed E-state index contributed by atoms with van der Waals surface area (Å²) in [4.78, 5) is 16.2. The Labute approximate surface area is 122 Å². The lowest BCUT2D eigenvalue weighted by Gasteiger charge is -2.27. The zero-order valence-corrected chi connectivity index (χ0v) is 12.6. The summed E-state index contributed by atoms with van der Waals surface area (Å²) in [6.45, 7) is 0. The van der Waals surface area contributed by atoms with Crippen LogP contribution in [0.2, 0.25) is 0 Å². The molecule has 0 spiro atoms. The standard InChI is InChI=1S/C14H19BrN2O2/c1-19-14(18)13(12-8-7-10(15)9-16-12)17-11-5-3-2-4-6-11/h7-9,11,13,17H,2-6H2,1H3. The van der Waals surface area contributed by atoms with Gasteiger partial charge >= 0.3 is 5.97 Å². The molecule has 1 aromatic heterocycles. The zero-order chi connectivity index (χ0) is 13.7. The van der Waals surface area contributed by atoms with Gasteiger partial charge in [-0.25, -0.2) is 4.79 Å². The molecule has 1 aliphatic rings. The molecule has 0 aromatic carbocycles. The van der Waals surface area contributed by atoms with Gasteiger partial charge in [-0.15, -0.1) is 0 Å². The number of halogens is 1. The van der Waals surface area contributed by atoms with Crippen molar-refractivity contribution in [1.82, 2.24) is 10.3 Å². The van der Waals surface area contributed by atoms with Crippen LogP contribution < -0.4 is 5.32 Å². The maximum atomic E-state index is 11.9. The van der Waals surface area contributed by atoms with E-state index in [1.165, 1.54) is 26.4 Å². The molecule has 1 N–H and O–H groups in total. The number of rotatable bonds is 4. The summed E-state index contributed by atoms with van der Waals surface area (Å²) < 4.78 is 5.79. The van der Waals surface area contributed by atoms with Crippen molar-refractivity contribution >= 4 is 21.9 Å². The maximum Gasteiger partial charge on any atom is 0.329 e. The minimum Gasteiger partial charge on any atom is -0.468 e. The molecular formula is C14H19BrN2O2. The number of methoxy groups -OCH3 is 1. The molecule has 1 fully saturated rings. The molecule has 104 valence electrons. The Bertz CT molecular complexity index is 416. The quantitative estimate of drug-likeness (QED) is 0.864. The van der Waals surface area contributed by atoms with Crippen LogP contribution in [0, 0.1) is 0 Å². The molecule has 1 heterocycles. The van der Waals surface area contributed by atoms with Crippen LogP contribution in [0.5, 0.6) is 0 Å². The predicted molar refractivity (Wildman–Crippen MR) is 76.7 cm³/mol. The second-order valence-electron chi connectivity index (χ2n) is 4.86. The third kappa shape index (κ3) is 4.01. The van der Waals surface area contributed by atoms with Gasteiger partial charge < -0.3 is 4.74 Å². The first-order valence-electron chi connectivity index (χ1n) is 6.66. The minimum atomic E-state index is -0.471. The van der Waals surface area contributed by atoms with Crippen LogP contribution in [-0.2, 0) is 9.53 Å². The summed E-state index contributed by atoms with van der Waals surface area (Å²) in [5, 5.41) is 3.39. The number of hydrogen-bond acceptors (Lipinski definition) is 4. The van der Waals surface area contributed by atoms with Gasteiger partial charge in [0.2, 0.25) is 0 Å². The number of carbonyl (C=O) groups excluding carboxylic acids is 1. The van der Waals surface area contributed by atoms with Gasteiger partial charge in [-0.2, -0.15) is 0 Å². The zero-order valence-electron chi connectivity index (χ0n) is 11.1. The Kier molecular flexibility index (Phi) is 5.34. The van der Waals surface area contributed by atoms with Gasteiger partial charge in [0.05, 0.1) is 12.8 Å². The van der Waals surface area contributed by atoms with Gasteiger partial charge in [-0.1, -0.05) is 19.3 Å². The van der Waals surface area contributed by atoms with E-state index < -0.39 is 6.04 Å². The largest absolute Gasteiger partial charge is 0.468 e. The number of carbonyl (C=O) groups is 1. The molecule has 1 saturated carbocycles. The van der Waals surface area contributed by atoms with E-state index in [2.05, 4.69) is 26.2 Å². The molecule has 5 heteroatoms. The topological polar surface area (TPSA) is 51.2 Å². The normalized spacial score (nSPS) is 18.0. The molecule has 4 nitrogen and oxygen atoms in total. The van der Waals surface area contributed by atoms with E-state index in [9.17, 15) is 4.79 Å². The average Bonchev–Trinajstić information content (AvgIpc) is 2.46. The van der Waals surface area contributed by atoms with E-state index in [0.717, 1.165) is 17.3 Å². The van der Waals surface area contributed by atoms with Gasteiger partial charge in [0.25, 0.3) is 0 Å². The number of ether oxygens (including phenoxy) is 1. The molecule has 1 atom stereocenters. The maximum absolute atomic E-state index is 11.9. The highest BCUT2D eigenvalue weighted by atomic mass is 79.9. The van der Waals surface area contributed by atoms with Crippen molar-refractivity contribution in [1.29, 1.82) is 0 Å². The van der Waals surface area contributed by atoms with Crippen LogP contribution in [-0.4, -0.2) is 24.1 Å². The SMILES string of the molecule is COC(=O)C(NC1CCCCC1)c1ccc(Br)cn1. The predicted octanol–water partition coefficient (Wildman–Crippen LogP) is 2.98. The monoisotopic (exact) mass is 326 g/mol. The third-order valence-corrected chi connectivity index (χ3v) is 3.96. The van der Waals surface area contributed by atoms with E-state index in [1.54, 1.807) is 6.20 Å². The number of aromatic nitrogens is 1. The van der Waals surface area contributed by atoms with Crippen molar-refractivity contribution in [3.63, 3.8) is 0 Å². The van der Waals surface area contributed by atoms with Gasteiger partial charge in [0.15, 0.2) is 0 Å². The van der Waals surface area contributed by atoms with E-state index in [1.807, 2.05) is 12.1 Å². The Balaban J connectivity index is 2.10. The molecule has 0 bridgehead atoms. The summed E-state index contributed by atoms with van der Waals surface area (Å²) in [7, 11) is 1.41. The van der Waals surface area contributed by atoms with Crippen molar-refractivity contribution in [3.8, 4) is 0 Å². The first-order valence-corrected chi connectivity index (χ1v) is 7.45. The summed E-state index contributed by atoms with van der Waals surface area (Å²) in [5.74, 6) is -0.277. The van der Waals surface area contributed by atoms with E-state index in [0.29, 0.717) is 11.7 Å². The molecule has 1 aliphatic carbocycles. The summed E-state index contributed by atoms with van der Waals surface area (Å²) in [5.41, 5.74) is 0.709. The molecule has 0 amide bonds. The first kappa shape index (κ1) is 14.5. The average molecular weight is 327 g/mol. The van der Waals surface area contributed by atoms with Gasteiger partial charge in [-0.3, -0.25) is 10.3 Å². The second kappa shape index (κ2) is 7.01. The van der Waals surface area contributed by atoms with Crippen LogP contribution >= 0.6 is 15.9 Å². The molecular weight excluding hydrogens is 308 g/mol. The van der Waals surface area contributed by atoms with Crippen molar-refractivity contribution in [2.45, 2.75) is 44.2 Å². The van der Waals surface area contributed by atoms with Crippen LogP contribution in [0.1, 0.15) is 43.8 Å². The molecule has 0 radical (unpaired) electrons. The Morgan fingerprint density at radius 1 is 1.42 bits per heavy atom. The van der Waals surface area contributed by atoms with E-state index in [-0.39, 0.29) is 5.97 Å². The molecule has 19 heavy (non-hydrogen) atoms. The fraction of sp³-hybridized carbons (Fsp3) is 0.571. The molecule has 1 unspecified atom stereocenters. The second-order valence-corrected chi connectivity index (χ2v) is 5.77. The fourth-order valence-corrected chi connectivity index (χ4v) is 2.69.